The van der Waals surface area contributed by atoms with Crippen LogP contribution in [-0.2, 0) is 30.0 Å². The molecule has 0 N–H and O–H groups in total. The van der Waals surface area contributed by atoms with Crippen molar-refractivity contribution in [3.63, 3.8) is 0 Å². The normalized spacial score (nSPS) is 12.5. The van der Waals surface area contributed by atoms with E-state index in [2.05, 4.69) is 46.0 Å². The minimum absolute atomic E-state index is 0.239. The summed E-state index contributed by atoms with van der Waals surface area (Å²) in [6.45, 7) is 16.6. The molecule has 0 heterocycles. The van der Waals surface area contributed by atoms with E-state index in [0.29, 0.717) is 59.5 Å². The molecule has 0 radical (unpaired) electrons. The van der Waals surface area contributed by atoms with Crippen LogP contribution in [0.25, 0.3) is 0 Å². The Hall–Kier alpha value is -0.763. The van der Waals surface area contributed by atoms with Crippen molar-refractivity contribution in [1.82, 2.24) is 0 Å². The largest absolute Gasteiger partial charge is 0.414 e. The summed E-state index contributed by atoms with van der Waals surface area (Å²) >= 11 is 0. The zero-order chi connectivity index (χ0) is 20.0. The molecule has 0 aliphatic heterocycles. The zero-order valence-electron chi connectivity index (χ0n) is 17.8. The van der Waals surface area contributed by atoms with Crippen LogP contribution in [0.3, 0.4) is 0 Å². The molecule has 0 fully saturated rings. The van der Waals surface area contributed by atoms with E-state index >= 15 is 0 Å². The standard InChI is InChI=1S/C21H38O5Si/c1-21(2,3)27(4,5)26-18-17-24-14-13-22-11-12-23-15-16-25-19-20-9-7-6-8-10-20/h6-10H,11-19H2,1-5H3. The molecule has 0 amide bonds. The first-order valence-corrected chi connectivity index (χ1v) is 12.7. The second-order valence-corrected chi connectivity index (χ2v) is 12.8. The second-order valence-electron chi connectivity index (χ2n) is 7.98. The fraction of sp³-hybridized carbons (Fsp3) is 0.714. The van der Waals surface area contributed by atoms with Crippen LogP contribution in [-0.4, -0.2) is 61.2 Å². The summed E-state index contributed by atoms with van der Waals surface area (Å²) in [4.78, 5) is 0. The van der Waals surface area contributed by atoms with Crippen molar-refractivity contribution < 1.29 is 23.4 Å². The monoisotopic (exact) mass is 398 g/mol. The molecule has 0 aliphatic carbocycles. The molecule has 0 aromatic heterocycles. The van der Waals surface area contributed by atoms with Gasteiger partial charge in [-0.1, -0.05) is 51.1 Å². The first-order valence-electron chi connectivity index (χ1n) is 9.82. The number of hydrogen-bond acceptors (Lipinski definition) is 5. The topological polar surface area (TPSA) is 46.2 Å². The van der Waals surface area contributed by atoms with Crippen LogP contribution in [0.15, 0.2) is 30.3 Å². The highest BCUT2D eigenvalue weighted by atomic mass is 28.4. The summed E-state index contributed by atoms with van der Waals surface area (Å²) in [7, 11) is -1.66. The van der Waals surface area contributed by atoms with Crippen molar-refractivity contribution in [2.75, 3.05) is 52.9 Å². The lowest BCUT2D eigenvalue weighted by Crippen LogP contribution is -2.41. The lowest BCUT2D eigenvalue weighted by atomic mass is 10.2. The summed E-state index contributed by atoms with van der Waals surface area (Å²) in [5.41, 5.74) is 1.18. The number of benzene rings is 1. The van der Waals surface area contributed by atoms with Gasteiger partial charge in [0.25, 0.3) is 0 Å². The average Bonchev–Trinajstić information content (AvgIpc) is 2.62. The molecule has 6 heteroatoms. The second kappa shape index (κ2) is 13.4. The first-order chi connectivity index (χ1) is 12.8. The van der Waals surface area contributed by atoms with Crippen LogP contribution in [0.4, 0.5) is 0 Å². The van der Waals surface area contributed by atoms with E-state index in [1.807, 2.05) is 18.2 Å². The predicted molar refractivity (Wildman–Crippen MR) is 112 cm³/mol. The zero-order valence-corrected chi connectivity index (χ0v) is 18.8. The Labute approximate surface area is 166 Å². The van der Waals surface area contributed by atoms with Gasteiger partial charge < -0.3 is 23.4 Å². The molecule has 0 unspecified atom stereocenters. The van der Waals surface area contributed by atoms with E-state index in [1.165, 1.54) is 5.56 Å². The number of hydrogen-bond donors (Lipinski definition) is 0. The molecule has 0 spiro atoms. The molecule has 0 aliphatic rings. The molecule has 27 heavy (non-hydrogen) atoms. The molecule has 1 aromatic carbocycles. The fourth-order valence-electron chi connectivity index (χ4n) is 2.00. The molecule has 0 atom stereocenters. The molecule has 0 bridgehead atoms. The van der Waals surface area contributed by atoms with E-state index in [4.69, 9.17) is 23.4 Å². The van der Waals surface area contributed by atoms with Crippen molar-refractivity contribution >= 4 is 8.32 Å². The smallest absolute Gasteiger partial charge is 0.192 e. The lowest BCUT2D eigenvalue weighted by Gasteiger charge is -2.36. The summed E-state index contributed by atoms with van der Waals surface area (Å²) in [5.74, 6) is 0. The summed E-state index contributed by atoms with van der Waals surface area (Å²) in [6.07, 6.45) is 0. The van der Waals surface area contributed by atoms with Crippen molar-refractivity contribution in [1.29, 1.82) is 0 Å². The maximum absolute atomic E-state index is 6.06. The molecule has 0 saturated carbocycles. The number of rotatable bonds is 15. The average molecular weight is 399 g/mol. The van der Waals surface area contributed by atoms with E-state index < -0.39 is 8.32 Å². The van der Waals surface area contributed by atoms with Crippen LogP contribution in [0.5, 0.6) is 0 Å². The maximum Gasteiger partial charge on any atom is 0.192 e. The van der Waals surface area contributed by atoms with Gasteiger partial charge in [0.1, 0.15) is 0 Å². The van der Waals surface area contributed by atoms with Gasteiger partial charge in [-0.3, -0.25) is 0 Å². The summed E-state index contributed by atoms with van der Waals surface area (Å²) in [5, 5.41) is 0.239. The molecule has 5 nitrogen and oxygen atoms in total. The highest BCUT2D eigenvalue weighted by Crippen LogP contribution is 2.36. The maximum atomic E-state index is 6.06. The van der Waals surface area contributed by atoms with E-state index in [0.717, 1.165) is 0 Å². The molecule has 1 aromatic rings. The van der Waals surface area contributed by atoms with Crippen LogP contribution in [0, 0.1) is 0 Å². The summed E-state index contributed by atoms with van der Waals surface area (Å²) in [6, 6.07) is 10.1. The highest BCUT2D eigenvalue weighted by molar-refractivity contribution is 6.74. The Kier molecular flexibility index (Phi) is 12.1. The Morgan fingerprint density at radius 2 is 1.11 bits per heavy atom. The Morgan fingerprint density at radius 3 is 1.59 bits per heavy atom. The van der Waals surface area contributed by atoms with Gasteiger partial charge in [-0.25, -0.2) is 0 Å². The van der Waals surface area contributed by atoms with Crippen molar-refractivity contribution in [3.8, 4) is 0 Å². The molecular formula is C21H38O5Si. The van der Waals surface area contributed by atoms with E-state index in [9.17, 15) is 0 Å². The minimum atomic E-state index is -1.66. The van der Waals surface area contributed by atoms with Crippen molar-refractivity contribution in [2.45, 2.75) is 45.5 Å². The Morgan fingerprint density at radius 1 is 0.667 bits per heavy atom. The van der Waals surface area contributed by atoms with Gasteiger partial charge in [-0.15, -0.1) is 0 Å². The SMILES string of the molecule is CC(C)(C)[Si](C)(C)OCCOCCOCCOCCOCc1ccccc1. The minimum Gasteiger partial charge on any atom is -0.414 e. The van der Waals surface area contributed by atoms with E-state index in [1.54, 1.807) is 0 Å². The number of ether oxygens (including phenoxy) is 4. The van der Waals surface area contributed by atoms with Crippen LogP contribution in [0.1, 0.15) is 26.3 Å². The van der Waals surface area contributed by atoms with Crippen LogP contribution in [0.2, 0.25) is 18.1 Å². The Balaban J connectivity index is 1.82. The third kappa shape index (κ3) is 11.6. The van der Waals surface area contributed by atoms with Gasteiger partial charge >= 0.3 is 0 Å². The van der Waals surface area contributed by atoms with Crippen LogP contribution < -0.4 is 0 Å². The first kappa shape index (κ1) is 24.3. The van der Waals surface area contributed by atoms with Crippen molar-refractivity contribution in [2.24, 2.45) is 0 Å². The van der Waals surface area contributed by atoms with Crippen molar-refractivity contribution in [3.05, 3.63) is 35.9 Å². The predicted octanol–water partition coefficient (Wildman–Crippen LogP) is 4.27. The van der Waals surface area contributed by atoms with Gasteiger partial charge in [0.2, 0.25) is 0 Å². The molecule has 1 rings (SSSR count). The molecule has 156 valence electrons. The highest BCUT2D eigenvalue weighted by Gasteiger charge is 2.36. The Bertz CT molecular complexity index is 473. The quantitative estimate of drug-likeness (QED) is 0.326. The summed E-state index contributed by atoms with van der Waals surface area (Å²) < 4.78 is 28.1. The van der Waals surface area contributed by atoms with Gasteiger partial charge in [0.05, 0.1) is 59.5 Å². The van der Waals surface area contributed by atoms with Gasteiger partial charge in [0, 0.05) is 0 Å². The van der Waals surface area contributed by atoms with Crippen LogP contribution >= 0.6 is 0 Å². The van der Waals surface area contributed by atoms with E-state index in [-0.39, 0.29) is 5.04 Å². The molecular weight excluding hydrogens is 360 g/mol. The third-order valence-corrected chi connectivity index (χ3v) is 9.26. The van der Waals surface area contributed by atoms with Gasteiger partial charge in [-0.2, -0.15) is 0 Å². The fourth-order valence-corrected chi connectivity index (χ4v) is 3.02. The van der Waals surface area contributed by atoms with Gasteiger partial charge in [0.15, 0.2) is 8.32 Å². The lowest BCUT2D eigenvalue weighted by molar-refractivity contribution is -0.00699. The van der Waals surface area contributed by atoms with Gasteiger partial charge in [-0.05, 0) is 23.7 Å². The third-order valence-electron chi connectivity index (χ3n) is 4.72. The molecule has 0 saturated heterocycles.